The molecule has 0 bridgehead atoms. The van der Waals surface area contributed by atoms with Crippen molar-refractivity contribution in [1.29, 1.82) is 0 Å². The summed E-state index contributed by atoms with van der Waals surface area (Å²) < 4.78 is 7.25. The van der Waals surface area contributed by atoms with Gasteiger partial charge in [0.25, 0.3) is 0 Å². The number of ketones is 1. The molecule has 1 fully saturated rings. The Balaban J connectivity index is 1.94. The molecule has 1 aliphatic carbocycles. The lowest BCUT2D eigenvalue weighted by Crippen LogP contribution is -2.28. The zero-order chi connectivity index (χ0) is 11.5. The maximum absolute atomic E-state index is 12.0. The van der Waals surface area contributed by atoms with Crippen molar-refractivity contribution in [2.24, 2.45) is 13.0 Å². The summed E-state index contributed by atoms with van der Waals surface area (Å²) in [4.78, 5) is 12.0. The first-order chi connectivity index (χ1) is 7.70. The van der Waals surface area contributed by atoms with E-state index in [9.17, 15) is 4.79 Å². The Labute approximate surface area is 95.6 Å². The third kappa shape index (κ3) is 2.70. The number of ether oxygens (including phenoxy) is 1. The summed E-state index contributed by atoms with van der Waals surface area (Å²) in [6.07, 6.45) is 6.13. The van der Waals surface area contributed by atoms with Gasteiger partial charge in [-0.05, 0) is 31.2 Å². The van der Waals surface area contributed by atoms with Gasteiger partial charge in [-0.1, -0.05) is 0 Å². The van der Waals surface area contributed by atoms with Crippen molar-refractivity contribution in [3.05, 3.63) is 18.0 Å². The van der Waals surface area contributed by atoms with Crippen LogP contribution in [0.4, 0.5) is 0 Å². The van der Waals surface area contributed by atoms with E-state index in [4.69, 9.17) is 4.74 Å². The molecule has 88 valence electrons. The van der Waals surface area contributed by atoms with Gasteiger partial charge in [-0.3, -0.25) is 9.48 Å². The molecule has 0 amide bonds. The number of hydrogen-bond donors (Lipinski definition) is 0. The molecule has 4 heteroatoms. The Kier molecular flexibility index (Phi) is 3.39. The zero-order valence-corrected chi connectivity index (χ0v) is 9.85. The maximum Gasteiger partial charge on any atom is 0.166 e. The molecular formula is C12H18N2O2. The maximum atomic E-state index is 12.0. The predicted octanol–water partition coefficient (Wildman–Crippen LogP) is 1.35. The second-order valence-corrected chi connectivity index (χ2v) is 4.38. The van der Waals surface area contributed by atoms with Crippen LogP contribution in [0.15, 0.2) is 12.4 Å². The highest BCUT2D eigenvalue weighted by Crippen LogP contribution is 2.35. The normalized spacial score (nSPS) is 17.4. The van der Waals surface area contributed by atoms with Crippen LogP contribution in [0.5, 0.6) is 0 Å². The highest BCUT2D eigenvalue weighted by atomic mass is 16.5. The minimum absolute atomic E-state index is 0.190. The summed E-state index contributed by atoms with van der Waals surface area (Å²) in [5.74, 6) is 0.654. The van der Waals surface area contributed by atoms with E-state index < -0.39 is 0 Å². The third-order valence-electron chi connectivity index (χ3n) is 2.85. The average molecular weight is 222 g/mol. The molecular weight excluding hydrogens is 204 g/mol. The van der Waals surface area contributed by atoms with Gasteiger partial charge in [0.15, 0.2) is 5.78 Å². The van der Waals surface area contributed by atoms with Crippen LogP contribution in [0.2, 0.25) is 0 Å². The number of carbonyl (C=O) groups is 1. The van der Waals surface area contributed by atoms with Gasteiger partial charge in [0.1, 0.15) is 6.10 Å². The van der Waals surface area contributed by atoms with Gasteiger partial charge in [0, 0.05) is 26.3 Å². The zero-order valence-electron chi connectivity index (χ0n) is 9.85. The Hall–Kier alpha value is -1.16. The molecule has 1 aromatic heterocycles. The molecule has 1 heterocycles. The SMILES string of the molecule is CCOC(C(=O)Cc1cnn(C)c1)C1CC1. The van der Waals surface area contributed by atoms with Crippen molar-refractivity contribution in [2.75, 3.05) is 6.61 Å². The molecule has 0 saturated heterocycles. The van der Waals surface area contributed by atoms with Crippen LogP contribution in [0.3, 0.4) is 0 Å². The summed E-state index contributed by atoms with van der Waals surface area (Å²) in [7, 11) is 1.86. The number of nitrogens with zero attached hydrogens (tertiary/aromatic N) is 2. The highest BCUT2D eigenvalue weighted by Gasteiger charge is 2.36. The van der Waals surface area contributed by atoms with E-state index in [1.165, 1.54) is 0 Å². The van der Waals surface area contributed by atoms with Crippen molar-refractivity contribution in [2.45, 2.75) is 32.3 Å². The van der Waals surface area contributed by atoms with E-state index in [1.54, 1.807) is 10.9 Å². The molecule has 1 aromatic rings. The standard InChI is InChI=1S/C12H18N2O2/c1-3-16-12(10-4-5-10)11(15)6-9-7-13-14(2)8-9/h7-8,10,12H,3-6H2,1-2H3. The smallest absolute Gasteiger partial charge is 0.166 e. The Bertz CT molecular complexity index is 369. The lowest BCUT2D eigenvalue weighted by Gasteiger charge is -2.14. The van der Waals surface area contributed by atoms with E-state index in [2.05, 4.69) is 5.10 Å². The van der Waals surface area contributed by atoms with E-state index in [1.807, 2.05) is 20.2 Å². The monoisotopic (exact) mass is 222 g/mol. The molecule has 0 aliphatic heterocycles. The van der Waals surface area contributed by atoms with Gasteiger partial charge < -0.3 is 4.74 Å². The quantitative estimate of drug-likeness (QED) is 0.729. The minimum atomic E-state index is -0.190. The summed E-state index contributed by atoms with van der Waals surface area (Å²) in [6.45, 7) is 2.55. The first-order valence-corrected chi connectivity index (χ1v) is 5.82. The van der Waals surface area contributed by atoms with Gasteiger partial charge >= 0.3 is 0 Å². The van der Waals surface area contributed by atoms with Crippen molar-refractivity contribution in [3.63, 3.8) is 0 Å². The highest BCUT2D eigenvalue weighted by molar-refractivity contribution is 5.85. The summed E-state index contributed by atoms with van der Waals surface area (Å²) >= 11 is 0. The second kappa shape index (κ2) is 4.78. The Morgan fingerprint density at radius 3 is 2.94 bits per heavy atom. The molecule has 1 atom stereocenters. The molecule has 1 aliphatic rings. The lowest BCUT2D eigenvalue weighted by molar-refractivity contribution is -0.130. The lowest BCUT2D eigenvalue weighted by atomic mass is 10.1. The van der Waals surface area contributed by atoms with Crippen molar-refractivity contribution in [3.8, 4) is 0 Å². The molecule has 0 radical (unpaired) electrons. The van der Waals surface area contributed by atoms with Crippen molar-refractivity contribution < 1.29 is 9.53 Å². The molecule has 1 unspecified atom stereocenters. The average Bonchev–Trinajstić information content (AvgIpc) is 3.00. The van der Waals surface area contributed by atoms with Gasteiger partial charge in [-0.2, -0.15) is 5.10 Å². The van der Waals surface area contributed by atoms with Gasteiger partial charge in [0.05, 0.1) is 6.20 Å². The van der Waals surface area contributed by atoms with Crippen LogP contribution < -0.4 is 0 Å². The van der Waals surface area contributed by atoms with E-state index >= 15 is 0 Å². The number of rotatable bonds is 6. The minimum Gasteiger partial charge on any atom is -0.370 e. The number of aromatic nitrogens is 2. The van der Waals surface area contributed by atoms with Gasteiger partial charge in [0.2, 0.25) is 0 Å². The van der Waals surface area contributed by atoms with Crippen LogP contribution >= 0.6 is 0 Å². The molecule has 16 heavy (non-hydrogen) atoms. The van der Waals surface area contributed by atoms with E-state index in [-0.39, 0.29) is 11.9 Å². The molecule has 2 rings (SSSR count). The number of Topliss-reactive ketones (excluding diaryl/α,β-unsaturated/α-hetero) is 1. The molecule has 0 aromatic carbocycles. The van der Waals surface area contributed by atoms with Crippen LogP contribution in [0.1, 0.15) is 25.3 Å². The fourth-order valence-corrected chi connectivity index (χ4v) is 1.94. The largest absolute Gasteiger partial charge is 0.370 e. The van der Waals surface area contributed by atoms with Crippen LogP contribution in [-0.2, 0) is 23.0 Å². The number of aryl methyl sites for hydroxylation is 1. The van der Waals surface area contributed by atoms with Crippen LogP contribution in [0.25, 0.3) is 0 Å². The van der Waals surface area contributed by atoms with Crippen molar-refractivity contribution in [1.82, 2.24) is 9.78 Å². The van der Waals surface area contributed by atoms with Crippen molar-refractivity contribution >= 4 is 5.78 Å². The summed E-state index contributed by atoms with van der Waals surface area (Å²) in [5.41, 5.74) is 0.970. The first-order valence-electron chi connectivity index (χ1n) is 5.82. The molecule has 0 N–H and O–H groups in total. The fourth-order valence-electron chi connectivity index (χ4n) is 1.94. The fraction of sp³-hybridized carbons (Fsp3) is 0.667. The predicted molar refractivity (Wildman–Crippen MR) is 60.1 cm³/mol. The topological polar surface area (TPSA) is 44.1 Å². The molecule has 0 spiro atoms. The molecule has 1 saturated carbocycles. The van der Waals surface area contributed by atoms with Crippen LogP contribution in [-0.4, -0.2) is 28.3 Å². The third-order valence-corrected chi connectivity index (χ3v) is 2.85. The Morgan fingerprint density at radius 1 is 1.69 bits per heavy atom. The van der Waals surface area contributed by atoms with E-state index in [0.29, 0.717) is 18.9 Å². The summed E-state index contributed by atoms with van der Waals surface area (Å²) in [5, 5.41) is 4.06. The first kappa shape index (κ1) is 11.3. The number of hydrogen-bond acceptors (Lipinski definition) is 3. The number of carbonyl (C=O) groups excluding carboxylic acids is 1. The second-order valence-electron chi connectivity index (χ2n) is 4.38. The summed E-state index contributed by atoms with van der Waals surface area (Å²) in [6, 6.07) is 0. The van der Waals surface area contributed by atoms with E-state index in [0.717, 1.165) is 18.4 Å². The molecule has 4 nitrogen and oxygen atoms in total. The van der Waals surface area contributed by atoms with Gasteiger partial charge in [-0.15, -0.1) is 0 Å². The van der Waals surface area contributed by atoms with Gasteiger partial charge in [-0.25, -0.2) is 0 Å². The Morgan fingerprint density at radius 2 is 2.44 bits per heavy atom. The van der Waals surface area contributed by atoms with Crippen LogP contribution in [0, 0.1) is 5.92 Å².